The van der Waals surface area contributed by atoms with Crippen molar-refractivity contribution >= 4 is 35.0 Å². The Morgan fingerprint density at radius 1 is 0.569 bits per heavy atom. The number of para-hydroxylation sites is 1. The van der Waals surface area contributed by atoms with Crippen LogP contribution < -0.4 is 21.3 Å². The molecule has 8 atom stereocenters. The standard InChI is InChI=1S/C41H38N6O4/c1-23-11-10-18-28-33(23)41(22-32-35(49)43-30(20-25-14-6-3-7-15-25)37(51)47(32)39(41)45-28)40-21-31-34(48)42-29(19-24-12-4-2-5-13-24)36(50)46(31)38(40)44-27-17-9-8-16-26(27)40/h2-18,29-32,38-39,44-45H,19-22H2,1H3,(H,42,48)(H,43,49)/t29-,30-,31-,32-,38+,39+,40?,41?/m0/s1. The molecule has 10 heteroatoms. The van der Waals surface area contributed by atoms with Gasteiger partial charge in [-0.2, -0.15) is 0 Å². The molecule has 0 radical (unpaired) electrons. The van der Waals surface area contributed by atoms with Crippen LogP contribution in [0.3, 0.4) is 0 Å². The molecule has 4 aromatic carbocycles. The van der Waals surface area contributed by atoms with Crippen LogP contribution in [-0.4, -0.2) is 69.9 Å². The molecule has 4 saturated heterocycles. The van der Waals surface area contributed by atoms with E-state index in [-0.39, 0.29) is 23.6 Å². The molecule has 4 fully saturated rings. The number of rotatable bonds is 5. The second-order valence-corrected chi connectivity index (χ2v) is 15.0. The molecule has 4 amide bonds. The van der Waals surface area contributed by atoms with Crippen molar-refractivity contribution in [3.8, 4) is 0 Å². The Bertz CT molecular complexity index is 2140. The summed E-state index contributed by atoms with van der Waals surface area (Å²) in [7, 11) is 0. The molecule has 6 aliphatic rings. The number of benzene rings is 4. The van der Waals surface area contributed by atoms with Crippen molar-refractivity contribution in [3.63, 3.8) is 0 Å². The van der Waals surface area contributed by atoms with Gasteiger partial charge in [0, 0.05) is 24.2 Å². The summed E-state index contributed by atoms with van der Waals surface area (Å²) in [6, 6.07) is 30.9. The Morgan fingerprint density at radius 3 is 1.67 bits per heavy atom. The van der Waals surface area contributed by atoms with Crippen molar-refractivity contribution in [1.82, 2.24) is 20.4 Å². The highest BCUT2D eigenvalue weighted by atomic mass is 16.2. The molecule has 0 saturated carbocycles. The van der Waals surface area contributed by atoms with Crippen LogP contribution in [-0.2, 0) is 42.8 Å². The van der Waals surface area contributed by atoms with Crippen LogP contribution in [0.4, 0.5) is 11.4 Å². The number of nitrogens with one attached hydrogen (secondary N) is 4. The monoisotopic (exact) mass is 678 g/mol. The molecule has 6 aliphatic heterocycles. The van der Waals surface area contributed by atoms with Crippen molar-refractivity contribution in [3.05, 3.63) is 131 Å². The average Bonchev–Trinajstić information content (AvgIpc) is 3.85. The summed E-state index contributed by atoms with van der Waals surface area (Å²) >= 11 is 0. The van der Waals surface area contributed by atoms with Crippen molar-refractivity contribution in [2.75, 3.05) is 10.6 Å². The van der Waals surface area contributed by atoms with Gasteiger partial charge in [0.2, 0.25) is 23.6 Å². The van der Waals surface area contributed by atoms with Crippen molar-refractivity contribution in [2.45, 2.75) is 79.9 Å². The number of anilines is 2. The third-order valence-electron chi connectivity index (χ3n) is 12.6. The molecule has 10 nitrogen and oxygen atoms in total. The van der Waals surface area contributed by atoms with Gasteiger partial charge in [0.05, 0.1) is 10.8 Å². The molecule has 4 aromatic rings. The molecule has 256 valence electrons. The number of nitrogens with zero attached hydrogens (tertiary/aromatic N) is 2. The van der Waals surface area contributed by atoms with Crippen LogP contribution in [0, 0.1) is 6.92 Å². The van der Waals surface area contributed by atoms with E-state index in [1.165, 1.54) is 0 Å². The number of piperazine rings is 2. The number of carbonyl (C=O) groups excluding carboxylic acids is 4. The maximum atomic E-state index is 14.7. The molecule has 4 N–H and O–H groups in total. The van der Waals surface area contributed by atoms with Crippen LogP contribution in [0.1, 0.15) is 40.7 Å². The largest absolute Gasteiger partial charge is 0.364 e. The smallest absolute Gasteiger partial charge is 0.247 e. The SMILES string of the molecule is Cc1cccc2c1C1(C34C[C@H]5C(=O)N[C@@H](Cc6ccccc6)C(=O)N5[C@H]3Nc3ccccc34)C[C@H]3C(=O)N[C@@H](Cc4ccccc4)C(=O)N3[C@H]1N2. The highest BCUT2D eigenvalue weighted by Gasteiger charge is 2.78. The van der Waals surface area contributed by atoms with E-state index < -0.39 is 47.3 Å². The molecule has 51 heavy (non-hydrogen) atoms. The maximum absolute atomic E-state index is 14.7. The summed E-state index contributed by atoms with van der Waals surface area (Å²) < 4.78 is 0. The molecule has 0 aromatic heterocycles. The quantitative estimate of drug-likeness (QED) is 0.257. The Balaban J connectivity index is 1.14. The van der Waals surface area contributed by atoms with Gasteiger partial charge in [-0.15, -0.1) is 0 Å². The fraction of sp³-hybridized carbons (Fsp3) is 0.317. The molecular weight excluding hydrogens is 640 g/mol. The third kappa shape index (κ3) is 3.93. The Kier molecular flexibility index (Phi) is 6.33. The zero-order valence-electron chi connectivity index (χ0n) is 28.1. The molecule has 6 heterocycles. The first-order valence-electron chi connectivity index (χ1n) is 17.9. The van der Waals surface area contributed by atoms with Gasteiger partial charge < -0.3 is 31.1 Å². The predicted octanol–water partition coefficient (Wildman–Crippen LogP) is 3.36. The second-order valence-electron chi connectivity index (χ2n) is 15.0. The van der Waals surface area contributed by atoms with E-state index in [2.05, 4.69) is 40.3 Å². The Labute approximate surface area is 295 Å². The number of amides is 4. The van der Waals surface area contributed by atoms with E-state index in [1.54, 1.807) is 9.80 Å². The number of hydrogen-bond acceptors (Lipinski definition) is 6. The van der Waals surface area contributed by atoms with Crippen LogP contribution >= 0.6 is 0 Å². The van der Waals surface area contributed by atoms with E-state index in [0.717, 1.165) is 39.2 Å². The summed E-state index contributed by atoms with van der Waals surface area (Å²) in [6.45, 7) is 2.08. The number of hydrogen-bond donors (Lipinski definition) is 4. The molecule has 0 aliphatic carbocycles. The minimum Gasteiger partial charge on any atom is -0.364 e. The minimum atomic E-state index is -0.871. The van der Waals surface area contributed by atoms with Gasteiger partial charge in [0.15, 0.2) is 0 Å². The van der Waals surface area contributed by atoms with Crippen LogP contribution in [0.2, 0.25) is 0 Å². The number of carbonyl (C=O) groups is 4. The highest BCUT2D eigenvalue weighted by molar-refractivity contribution is 6.01. The molecule has 2 unspecified atom stereocenters. The van der Waals surface area contributed by atoms with Gasteiger partial charge in [0.1, 0.15) is 36.5 Å². The van der Waals surface area contributed by atoms with Gasteiger partial charge in [-0.3, -0.25) is 19.2 Å². The first-order valence-corrected chi connectivity index (χ1v) is 17.9. The van der Waals surface area contributed by atoms with E-state index in [9.17, 15) is 19.2 Å². The van der Waals surface area contributed by atoms with E-state index >= 15 is 0 Å². The fourth-order valence-corrected chi connectivity index (χ4v) is 10.7. The first-order chi connectivity index (χ1) is 24.8. The first kappa shape index (κ1) is 30.2. The van der Waals surface area contributed by atoms with Crippen LogP contribution in [0.15, 0.2) is 103 Å². The lowest BCUT2D eigenvalue weighted by Gasteiger charge is -2.49. The van der Waals surface area contributed by atoms with Crippen molar-refractivity contribution in [2.24, 2.45) is 0 Å². The van der Waals surface area contributed by atoms with Crippen molar-refractivity contribution < 1.29 is 19.2 Å². The molecule has 10 rings (SSSR count). The van der Waals surface area contributed by atoms with E-state index in [4.69, 9.17) is 0 Å². The number of fused-ring (bicyclic) bond motifs is 11. The normalized spacial score (nSPS) is 32.5. The number of aryl methyl sites for hydroxylation is 1. The van der Waals surface area contributed by atoms with Gasteiger partial charge >= 0.3 is 0 Å². The molecular formula is C41H38N6O4. The predicted molar refractivity (Wildman–Crippen MR) is 190 cm³/mol. The highest BCUT2D eigenvalue weighted by Crippen LogP contribution is 2.69. The maximum Gasteiger partial charge on any atom is 0.247 e. The van der Waals surface area contributed by atoms with Crippen LogP contribution in [0.25, 0.3) is 0 Å². The second kappa shape index (κ2) is 10.7. The van der Waals surface area contributed by atoms with Gasteiger partial charge in [-0.25, -0.2) is 0 Å². The Morgan fingerprint density at radius 2 is 1.06 bits per heavy atom. The molecule has 0 bridgehead atoms. The fourth-order valence-electron chi connectivity index (χ4n) is 10.7. The van der Waals surface area contributed by atoms with Gasteiger partial charge in [0.25, 0.3) is 0 Å². The lowest BCUT2D eigenvalue weighted by atomic mass is 9.53. The molecule has 0 spiro atoms. The van der Waals surface area contributed by atoms with Gasteiger partial charge in [-0.1, -0.05) is 91.0 Å². The Hall–Kier alpha value is -5.64. The summed E-state index contributed by atoms with van der Waals surface area (Å²) in [5.74, 6) is -0.624. The lowest BCUT2D eigenvalue weighted by molar-refractivity contribution is -0.149. The van der Waals surface area contributed by atoms with E-state index in [1.807, 2.05) is 91.0 Å². The topological polar surface area (TPSA) is 123 Å². The third-order valence-corrected chi connectivity index (χ3v) is 12.6. The minimum absolute atomic E-state index is 0.132. The van der Waals surface area contributed by atoms with Gasteiger partial charge in [-0.05, 0) is 59.7 Å². The van der Waals surface area contributed by atoms with Crippen LogP contribution in [0.5, 0.6) is 0 Å². The summed E-state index contributed by atoms with van der Waals surface area (Å²) in [5.41, 5.74) is 5.09. The lowest BCUT2D eigenvalue weighted by Crippen LogP contribution is -2.67. The summed E-state index contributed by atoms with van der Waals surface area (Å²) in [4.78, 5) is 61.5. The zero-order chi connectivity index (χ0) is 34.6. The average molecular weight is 679 g/mol. The zero-order valence-corrected chi connectivity index (χ0v) is 28.1. The van der Waals surface area contributed by atoms with Crippen molar-refractivity contribution in [1.29, 1.82) is 0 Å². The summed E-state index contributed by atoms with van der Waals surface area (Å²) in [6.07, 6.45) is 0.260. The summed E-state index contributed by atoms with van der Waals surface area (Å²) in [5, 5.41) is 13.7. The van der Waals surface area contributed by atoms with E-state index in [0.29, 0.717) is 25.7 Å².